The van der Waals surface area contributed by atoms with Crippen LogP contribution in [0.2, 0.25) is 0 Å². The van der Waals surface area contributed by atoms with Crippen molar-refractivity contribution in [2.75, 3.05) is 5.75 Å². The molecular weight excluding hydrogens is 308 g/mol. The number of pyridine rings is 1. The van der Waals surface area contributed by atoms with Crippen LogP contribution in [0.4, 0.5) is 0 Å². The van der Waals surface area contributed by atoms with Crippen molar-refractivity contribution in [2.24, 2.45) is 0 Å². The molecule has 5 nitrogen and oxygen atoms in total. The van der Waals surface area contributed by atoms with Crippen molar-refractivity contribution in [3.63, 3.8) is 0 Å². The molecule has 0 aliphatic carbocycles. The van der Waals surface area contributed by atoms with Crippen molar-refractivity contribution in [3.05, 3.63) is 58.5 Å². The maximum atomic E-state index is 12.4. The van der Waals surface area contributed by atoms with Crippen molar-refractivity contribution in [1.82, 2.24) is 9.71 Å². The Labute approximate surface area is 126 Å². The third-order valence-electron chi connectivity index (χ3n) is 3.33. The summed E-state index contributed by atoms with van der Waals surface area (Å²) in [5.74, 6) is 0.843. The van der Waals surface area contributed by atoms with Crippen LogP contribution in [0.5, 0.6) is 0 Å². The van der Waals surface area contributed by atoms with Crippen molar-refractivity contribution < 1.29 is 8.42 Å². The van der Waals surface area contributed by atoms with Gasteiger partial charge >= 0.3 is 0 Å². The van der Waals surface area contributed by atoms with Gasteiger partial charge in [-0.05, 0) is 23.8 Å². The molecule has 21 heavy (non-hydrogen) atoms. The normalized spacial score (nSPS) is 18.2. The molecule has 0 fully saturated rings. The van der Waals surface area contributed by atoms with Gasteiger partial charge in [-0.1, -0.05) is 18.2 Å². The zero-order valence-corrected chi connectivity index (χ0v) is 12.7. The van der Waals surface area contributed by atoms with Crippen LogP contribution in [0.1, 0.15) is 18.0 Å². The van der Waals surface area contributed by atoms with Crippen molar-refractivity contribution >= 4 is 21.8 Å². The zero-order chi connectivity index (χ0) is 14.9. The van der Waals surface area contributed by atoms with Crippen LogP contribution < -0.4 is 10.2 Å². The van der Waals surface area contributed by atoms with E-state index in [1.54, 1.807) is 11.8 Å². The second-order valence-electron chi connectivity index (χ2n) is 4.72. The molecule has 0 saturated heterocycles. The summed E-state index contributed by atoms with van der Waals surface area (Å²) in [5.41, 5.74) is 0.449. The second-order valence-corrected chi connectivity index (χ2v) is 7.54. The summed E-state index contributed by atoms with van der Waals surface area (Å²) >= 11 is 1.71. The lowest BCUT2D eigenvalue weighted by Crippen LogP contribution is -2.33. The van der Waals surface area contributed by atoms with Gasteiger partial charge in [0.25, 0.3) is 0 Å². The second kappa shape index (κ2) is 5.67. The highest BCUT2D eigenvalue weighted by Gasteiger charge is 2.27. The van der Waals surface area contributed by atoms with Gasteiger partial charge < -0.3 is 4.98 Å². The zero-order valence-electron chi connectivity index (χ0n) is 11.1. The number of hydrogen-bond acceptors (Lipinski definition) is 4. The SMILES string of the molecule is O=c1cc[nH]cc1S(=O)(=O)NC1CCSc2ccccc21. The summed E-state index contributed by atoms with van der Waals surface area (Å²) in [6.07, 6.45) is 3.33. The van der Waals surface area contributed by atoms with Crippen molar-refractivity contribution in [1.29, 1.82) is 0 Å². The fourth-order valence-corrected chi connectivity index (χ4v) is 4.75. The molecule has 0 bridgehead atoms. The van der Waals surface area contributed by atoms with Crippen molar-refractivity contribution in [3.8, 4) is 0 Å². The first-order valence-electron chi connectivity index (χ1n) is 6.49. The first-order valence-corrected chi connectivity index (χ1v) is 8.96. The third-order valence-corrected chi connectivity index (χ3v) is 5.95. The molecule has 0 spiro atoms. The summed E-state index contributed by atoms with van der Waals surface area (Å²) in [5, 5.41) is 0. The lowest BCUT2D eigenvalue weighted by molar-refractivity contribution is 0.545. The Morgan fingerprint density at radius 1 is 1.24 bits per heavy atom. The van der Waals surface area contributed by atoms with E-state index >= 15 is 0 Å². The Bertz CT molecular complexity index is 815. The molecule has 0 amide bonds. The predicted molar refractivity (Wildman–Crippen MR) is 81.9 cm³/mol. The van der Waals surface area contributed by atoms with Gasteiger partial charge in [0.2, 0.25) is 15.5 Å². The number of fused-ring (bicyclic) bond motifs is 1. The highest BCUT2D eigenvalue weighted by atomic mass is 32.2. The number of aromatic nitrogens is 1. The first-order chi connectivity index (χ1) is 10.1. The topological polar surface area (TPSA) is 79.0 Å². The average molecular weight is 322 g/mol. The number of aromatic amines is 1. The summed E-state index contributed by atoms with van der Waals surface area (Å²) in [6, 6.07) is 8.64. The Hall–Kier alpha value is -1.57. The van der Waals surface area contributed by atoms with E-state index in [9.17, 15) is 13.2 Å². The van der Waals surface area contributed by atoms with Crippen LogP contribution in [0.15, 0.2) is 57.3 Å². The number of hydrogen-bond donors (Lipinski definition) is 2. The molecule has 110 valence electrons. The molecule has 0 radical (unpaired) electrons. The molecule has 1 aromatic carbocycles. The minimum Gasteiger partial charge on any atom is -0.366 e. The monoisotopic (exact) mass is 322 g/mol. The summed E-state index contributed by atoms with van der Waals surface area (Å²) in [7, 11) is -3.84. The van der Waals surface area contributed by atoms with Crippen LogP contribution in [-0.2, 0) is 10.0 Å². The van der Waals surface area contributed by atoms with E-state index in [0.717, 1.165) is 16.2 Å². The fourth-order valence-electron chi connectivity index (χ4n) is 2.33. The number of H-pyrrole nitrogens is 1. The van der Waals surface area contributed by atoms with Crippen LogP contribution in [0.25, 0.3) is 0 Å². The molecule has 0 saturated carbocycles. The van der Waals surface area contributed by atoms with Crippen LogP contribution >= 0.6 is 11.8 Å². The van der Waals surface area contributed by atoms with E-state index in [1.165, 1.54) is 18.5 Å². The highest BCUT2D eigenvalue weighted by Crippen LogP contribution is 2.36. The van der Waals surface area contributed by atoms with Gasteiger partial charge in [0.1, 0.15) is 4.90 Å². The molecule has 2 aromatic rings. The van der Waals surface area contributed by atoms with Gasteiger partial charge in [0.05, 0.1) is 0 Å². The maximum Gasteiger partial charge on any atom is 0.246 e. The first kappa shape index (κ1) is 14.4. The molecule has 1 aliphatic rings. The minimum absolute atomic E-state index is 0.249. The molecule has 2 N–H and O–H groups in total. The maximum absolute atomic E-state index is 12.4. The van der Waals surface area contributed by atoms with Crippen LogP contribution in [-0.4, -0.2) is 19.2 Å². The highest BCUT2D eigenvalue weighted by molar-refractivity contribution is 7.99. The summed E-state index contributed by atoms with van der Waals surface area (Å²) < 4.78 is 27.4. The molecule has 1 unspecified atom stereocenters. The van der Waals surface area contributed by atoms with E-state index in [2.05, 4.69) is 9.71 Å². The van der Waals surface area contributed by atoms with Gasteiger partial charge in [-0.25, -0.2) is 13.1 Å². The Morgan fingerprint density at radius 2 is 2.05 bits per heavy atom. The van der Waals surface area contributed by atoms with Crippen molar-refractivity contribution in [2.45, 2.75) is 22.3 Å². The largest absolute Gasteiger partial charge is 0.366 e. The molecule has 1 aliphatic heterocycles. The average Bonchev–Trinajstić information content (AvgIpc) is 2.47. The van der Waals surface area contributed by atoms with Gasteiger partial charge in [-0.15, -0.1) is 11.8 Å². The predicted octanol–water partition coefficient (Wildman–Crippen LogP) is 1.89. The van der Waals surface area contributed by atoms with E-state index in [0.29, 0.717) is 6.42 Å². The van der Waals surface area contributed by atoms with Crippen LogP contribution in [0, 0.1) is 0 Å². The third kappa shape index (κ3) is 2.90. The van der Waals surface area contributed by atoms with E-state index < -0.39 is 15.5 Å². The number of nitrogens with one attached hydrogen (secondary N) is 2. The summed E-state index contributed by atoms with van der Waals surface area (Å²) in [6.45, 7) is 0. The molecule has 2 heterocycles. The fraction of sp³-hybridized carbons (Fsp3) is 0.214. The smallest absolute Gasteiger partial charge is 0.246 e. The Balaban J connectivity index is 1.95. The van der Waals surface area contributed by atoms with E-state index in [-0.39, 0.29) is 10.9 Å². The number of sulfonamides is 1. The van der Waals surface area contributed by atoms with E-state index in [4.69, 9.17) is 0 Å². The summed E-state index contributed by atoms with van der Waals surface area (Å²) in [4.78, 5) is 15.2. The minimum atomic E-state index is -3.84. The quantitative estimate of drug-likeness (QED) is 0.904. The molecule has 7 heteroatoms. The van der Waals surface area contributed by atoms with Gasteiger partial charge in [-0.2, -0.15) is 0 Å². The van der Waals surface area contributed by atoms with Crippen LogP contribution in [0.3, 0.4) is 0 Å². The number of thioether (sulfide) groups is 1. The van der Waals surface area contributed by atoms with E-state index in [1.807, 2.05) is 24.3 Å². The number of benzene rings is 1. The Kier molecular flexibility index (Phi) is 3.88. The molecule has 1 atom stereocenters. The van der Waals surface area contributed by atoms with Gasteiger partial charge in [0.15, 0.2) is 0 Å². The number of rotatable bonds is 3. The molecule has 1 aromatic heterocycles. The lowest BCUT2D eigenvalue weighted by atomic mass is 10.1. The van der Waals surface area contributed by atoms with Gasteiger partial charge in [0, 0.05) is 29.4 Å². The lowest BCUT2D eigenvalue weighted by Gasteiger charge is -2.25. The standard InChI is InChI=1S/C14H14N2O3S2/c17-12-5-7-15-9-14(12)21(18,19)16-11-6-8-20-13-4-2-1-3-10(11)13/h1-5,7,9,11,16H,6,8H2,(H,15,17). The Morgan fingerprint density at radius 3 is 2.86 bits per heavy atom. The molecule has 3 rings (SSSR count). The van der Waals surface area contributed by atoms with Gasteiger partial charge in [-0.3, -0.25) is 4.79 Å². The molecular formula is C14H14N2O3S2.